The lowest BCUT2D eigenvalue weighted by molar-refractivity contribution is -0.136. The van der Waals surface area contributed by atoms with Crippen molar-refractivity contribution in [3.8, 4) is 23.1 Å². The summed E-state index contributed by atoms with van der Waals surface area (Å²) < 4.78 is 15.3. The lowest BCUT2D eigenvalue weighted by Gasteiger charge is -2.34. The molecule has 4 aromatic rings. The number of carbonyl (C=O) groups excluding carboxylic acids is 4. The second-order valence-electron chi connectivity index (χ2n) is 16.6. The van der Waals surface area contributed by atoms with Crippen molar-refractivity contribution in [2.75, 3.05) is 40.5 Å². The van der Waals surface area contributed by atoms with Gasteiger partial charge in [0.05, 0.1) is 43.0 Å². The molecular weight excluding hydrogens is 753 g/mol. The van der Waals surface area contributed by atoms with E-state index in [1.165, 1.54) is 14.2 Å². The summed E-state index contributed by atoms with van der Waals surface area (Å²) >= 11 is 0. The van der Waals surface area contributed by atoms with Crippen molar-refractivity contribution in [3.05, 3.63) is 71.4 Å². The van der Waals surface area contributed by atoms with Crippen molar-refractivity contribution in [1.82, 2.24) is 40.4 Å². The average Bonchev–Trinajstić information content (AvgIpc) is 4.06. The van der Waals surface area contributed by atoms with Crippen LogP contribution in [0.2, 0.25) is 0 Å². The van der Waals surface area contributed by atoms with E-state index in [0.29, 0.717) is 38.0 Å². The summed E-state index contributed by atoms with van der Waals surface area (Å²) in [6, 6.07) is 11.8. The van der Waals surface area contributed by atoms with Gasteiger partial charge in [-0.15, -0.1) is 0 Å². The fraction of sp³-hybridized carbons (Fsp3) is 0.500. The molecule has 3 aliphatic rings. The highest BCUT2D eigenvalue weighted by Gasteiger charge is 2.49. The maximum atomic E-state index is 14.1. The molecule has 7 rings (SSSR count). The van der Waals surface area contributed by atoms with Crippen LogP contribution in [-0.4, -0.2) is 106 Å². The maximum absolute atomic E-state index is 14.1. The third kappa shape index (κ3) is 8.92. The van der Waals surface area contributed by atoms with Gasteiger partial charge < -0.3 is 44.6 Å². The van der Waals surface area contributed by atoms with Gasteiger partial charge in [-0.25, -0.2) is 19.6 Å². The molecule has 0 bridgehead atoms. The number of alkyl carbamates (subject to hydrolysis) is 2. The van der Waals surface area contributed by atoms with Crippen molar-refractivity contribution in [2.45, 2.75) is 84.0 Å². The molecule has 4 amide bonds. The van der Waals surface area contributed by atoms with Crippen LogP contribution in [0.4, 0.5) is 9.59 Å². The summed E-state index contributed by atoms with van der Waals surface area (Å²) in [5.74, 6) is 7.40. The van der Waals surface area contributed by atoms with Gasteiger partial charge in [-0.2, -0.15) is 0 Å². The predicted octanol–water partition coefficient (Wildman–Crippen LogP) is 5.85. The lowest BCUT2D eigenvalue weighted by Crippen LogP contribution is -2.51. The Morgan fingerprint density at radius 2 is 1.46 bits per heavy atom. The van der Waals surface area contributed by atoms with Gasteiger partial charge in [0.2, 0.25) is 11.8 Å². The molecule has 15 heteroatoms. The Morgan fingerprint density at radius 1 is 0.831 bits per heavy atom. The standard InChI is InChI=1S/C44H54N8O7/c1-26(2)36(49-42(55)57-5)40(53)51-19-7-8-34(51)38-45-24-33(48-38)30-14-11-28(12-15-30)9-10-29-13-16-31-32(22-29)47-39(46-31)35-23-44(17-20-59-21-18-44)25-52(35)41(54)37(27(3)4)50-43(56)58-6/h11-16,22,24,26-27,34-37H,7-8,17-21,23,25H2,1-6H3,(H,45,48)(H,46,47)(H,49,55)(H,50,56)/t34-,35-,36-,37-/m0/s1. The first-order valence-corrected chi connectivity index (χ1v) is 20.4. The molecule has 59 heavy (non-hydrogen) atoms. The molecule has 0 saturated carbocycles. The summed E-state index contributed by atoms with van der Waals surface area (Å²) in [6.45, 7) is 10.1. The second-order valence-corrected chi connectivity index (χ2v) is 16.6. The molecule has 3 aliphatic heterocycles. The predicted molar refractivity (Wildman–Crippen MR) is 220 cm³/mol. The maximum Gasteiger partial charge on any atom is 0.407 e. The zero-order chi connectivity index (χ0) is 41.8. The van der Waals surface area contributed by atoms with E-state index in [4.69, 9.17) is 24.2 Å². The Labute approximate surface area is 344 Å². The highest BCUT2D eigenvalue weighted by molar-refractivity contribution is 5.87. The molecule has 5 heterocycles. The van der Waals surface area contributed by atoms with E-state index in [2.05, 4.69) is 32.4 Å². The summed E-state index contributed by atoms with van der Waals surface area (Å²) in [5, 5.41) is 5.45. The molecule has 3 saturated heterocycles. The molecular formula is C44H54N8O7. The van der Waals surface area contributed by atoms with Gasteiger partial charge in [0.15, 0.2) is 0 Å². The van der Waals surface area contributed by atoms with Crippen molar-refractivity contribution in [3.63, 3.8) is 0 Å². The summed E-state index contributed by atoms with van der Waals surface area (Å²) in [7, 11) is 2.58. The highest BCUT2D eigenvalue weighted by Crippen LogP contribution is 2.49. The van der Waals surface area contributed by atoms with Crippen LogP contribution in [0.3, 0.4) is 0 Å². The molecule has 0 aliphatic carbocycles. The number of carbonyl (C=O) groups is 4. The minimum Gasteiger partial charge on any atom is -0.453 e. The van der Waals surface area contributed by atoms with Crippen LogP contribution in [-0.2, 0) is 23.8 Å². The van der Waals surface area contributed by atoms with Gasteiger partial charge in [-0.3, -0.25) is 9.59 Å². The summed E-state index contributed by atoms with van der Waals surface area (Å²) in [5.41, 5.74) is 4.83. The zero-order valence-corrected chi connectivity index (χ0v) is 34.6. The van der Waals surface area contributed by atoms with Crippen molar-refractivity contribution < 1.29 is 33.4 Å². The van der Waals surface area contributed by atoms with E-state index in [1.54, 1.807) is 4.90 Å². The Bertz CT molecular complexity index is 2230. The van der Waals surface area contributed by atoms with Crippen LogP contribution in [0.1, 0.15) is 94.7 Å². The highest BCUT2D eigenvalue weighted by atomic mass is 16.5. The number of likely N-dealkylation sites (tertiary alicyclic amines) is 2. The molecule has 1 spiro atoms. The van der Waals surface area contributed by atoms with Gasteiger partial charge in [0.1, 0.15) is 23.7 Å². The first kappa shape index (κ1) is 41.3. The average molecular weight is 807 g/mol. The number of aromatic nitrogens is 4. The van der Waals surface area contributed by atoms with Gasteiger partial charge in [0, 0.05) is 49.2 Å². The van der Waals surface area contributed by atoms with E-state index in [-0.39, 0.29) is 41.1 Å². The largest absolute Gasteiger partial charge is 0.453 e. The van der Waals surface area contributed by atoms with Gasteiger partial charge in [-0.05, 0) is 79.7 Å². The number of nitrogens with one attached hydrogen (secondary N) is 4. The van der Waals surface area contributed by atoms with Crippen molar-refractivity contribution >= 4 is 35.0 Å². The summed E-state index contributed by atoms with van der Waals surface area (Å²) in [4.78, 5) is 72.2. The van der Waals surface area contributed by atoms with E-state index < -0.39 is 24.3 Å². The van der Waals surface area contributed by atoms with Crippen LogP contribution in [0.5, 0.6) is 0 Å². The van der Waals surface area contributed by atoms with Crippen LogP contribution in [0.15, 0.2) is 48.7 Å². The number of nitrogens with zero attached hydrogens (tertiary/aromatic N) is 4. The fourth-order valence-electron chi connectivity index (χ4n) is 8.55. The number of benzene rings is 2. The normalized spacial score (nSPS) is 19.7. The van der Waals surface area contributed by atoms with Gasteiger partial charge >= 0.3 is 12.2 Å². The lowest BCUT2D eigenvalue weighted by atomic mass is 9.78. The zero-order valence-electron chi connectivity index (χ0n) is 34.6. The third-order valence-electron chi connectivity index (χ3n) is 11.9. The number of hydrogen-bond donors (Lipinski definition) is 4. The Kier molecular flexibility index (Phi) is 12.3. The number of aromatic amines is 2. The minimum absolute atomic E-state index is 0.0868. The smallest absolute Gasteiger partial charge is 0.407 e. The van der Waals surface area contributed by atoms with Gasteiger partial charge in [-0.1, -0.05) is 51.7 Å². The Balaban J connectivity index is 1.05. The SMILES string of the molecule is COC(=O)N[C@H](C(=O)N1CCC[C@H]1c1nc(-c2ccc(C#Cc3ccc4[nH]c([C@@H]5CC6(CCOCC6)CN5C(=O)[C@@H](NC(=O)OC)C(C)C)nc4c3)cc2)c[nH]1)C(C)C. The summed E-state index contributed by atoms with van der Waals surface area (Å²) in [6.07, 6.45) is 4.65. The van der Waals surface area contributed by atoms with Gasteiger partial charge in [0.25, 0.3) is 0 Å². The molecule has 2 aromatic heterocycles. The van der Waals surface area contributed by atoms with Crippen molar-refractivity contribution in [2.24, 2.45) is 17.3 Å². The number of imidazole rings is 2. The van der Waals surface area contributed by atoms with E-state index >= 15 is 0 Å². The third-order valence-corrected chi connectivity index (χ3v) is 11.9. The van der Waals surface area contributed by atoms with Crippen LogP contribution in [0, 0.1) is 29.1 Å². The molecule has 15 nitrogen and oxygen atoms in total. The monoisotopic (exact) mass is 806 g/mol. The minimum atomic E-state index is -0.737. The Morgan fingerprint density at radius 3 is 2.10 bits per heavy atom. The quantitative estimate of drug-likeness (QED) is 0.151. The molecule has 3 fully saturated rings. The number of ether oxygens (including phenoxy) is 3. The topological polar surface area (TPSA) is 184 Å². The number of rotatable bonds is 9. The second kappa shape index (κ2) is 17.5. The van der Waals surface area contributed by atoms with Crippen LogP contribution in [0.25, 0.3) is 22.3 Å². The number of amides is 4. The van der Waals surface area contributed by atoms with Crippen LogP contribution < -0.4 is 10.6 Å². The van der Waals surface area contributed by atoms with Crippen LogP contribution >= 0.6 is 0 Å². The molecule has 312 valence electrons. The van der Waals surface area contributed by atoms with Crippen molar-refractivity contribution in [1.29, 1.82) is 0 Å². The molecule has 0 unspecified atom stereocenters. The Hall–Kier alpha value is -5.88. The molecule has 4 N–H and O–H groups in total. The first-order valence-electron chi connectivity index (χ1n) is 20.4. The number of H-pyrrole nitrogens is 2. The van der Waals surface area contributed by atoms with E-state index in [1.807, 2.05) is 81.3 Å². The molecule has 4 atom stereocenters. The first-order chi connectivity index (χ1) is 28.4. The number of hydrogen-bond acceptors (Lipinski definition) is 9. The molecule has 0 radical (unpaired) electrons. The van der Waals surface area contributed by atoms with E-state index in [9.17, 15) is 19.2 Å². The number of fused-ring (bicyclic) bond motifs is 1. The number of methoxy groups -OCH3 is 2. The fourth-order valence-corrected chi connectivity index (χ4v) is 8.55. The van der Waals surface area contributed by atoms with E-state index in [0.717, 1.165) is 65.5 Å². The molecule has 2 aromatic carbocycles.